The molecular weight excluding hydrogens is 412 g/mol. The first-order valence-electron chi connectivity index (χ1n) is 9.51. The molecule has 1 heterocycles. The summed E-state index contributed by atoms with van der Waals surface area (Å²) in [4.78, 5) is 28.4. The van der Waals surface area contributed by atoms with E-state index in [9.17, 15) is 18.4 Å². The number of rotatable bonds is 5. The summed E-state index contributed by atoms with van der Waals surface area (Å²) >= 11 is 5.25. The van der Waals surface area contributed by atoms with Crippen molar-refractivity contribution in [3.05, 3.63) is 68.7 Å². The lowest BCUT2D eigenvalue weighted by atomic mass is 9.87. The third-order valence-electron chi connectivity index (χ3n) is 5.18. The number of H-pyrrole nitrogens is 1. The summed E-state index contributed by atoms with van der Waals surface area (Å²) in [7, 11) is 0. The van der Waals surface area contributed by atoms with Crippen LogP contribution in [0.2, 0.25) is 0 Å². The van der Waals surface area contributed by atoms with Gasteiger partial charge in [-0.3, -0.25) is 14.2 Å². The number of hydrogen-bond acceptors (Lipinski definition) is 4. The number of benzene rings is 2. The smallest absolute Gasteiger partial charge is 0.387 e. The van der Waals surface area contributed by atoms with Crippen LogP contribution in [0.25, 0.3) is 10.9 Å². The minimum Gasteiger partial charge on any atom is -0.435 e. The van der Waals surface area contributed by atoms with E-state index in [4.69, 9.17) is 12.2 Å². The fourth-order valence-corrected chi connectivity index (χ4v) is 4.10. The number of carbonyl (C=O) groups is 1. The number of halogens is 2. The number of amides is 1. The number of hydrogen-bond donors (Lipinski definition) is 2. The van der Waals surface area contributed by atoms with Gasteiger partial charge in [-0.2, -0.15) is 8.78 Å². The fourth-order valence-electron chi connectivity index (χ4n) is 3.84. The second kappa shape index (κ2) is 8.35. The molecule has 1 aliphatic rings. The summed E-state index contributed by atoms with van der Waals surface area (Å²) in [6.07, 6.45) is 2.23. The van der Waals surface area contributed by atoms with Crippen LogP contribution in [0.15, 0.2) is 47.3 Å². The van der Waals surface area contributed by atoms with E-state index < -0.39 is 6.61 Å². The Hall–Kier alpha value is -3.07. The minimum atomic E-state index is -2.88. The van der Waals surface area contributed by atoms with Gasteiger partial charge in [0, 0.05) is 0 Å². The molecule has 30 heavy (non-hydrogen) atoms. The Morgan fingerprint density at radius 2 is 2.10 bits per heavy atom. The Labute approximate surface area is 175 Å². The highest BCUT2D eigenvalue weighted by Gasteiger charge is 2.23. The molecule has 156 valence electrons. The first-order chi connectivity index (χ1) is 14.4. The number of alkyl halides is 2. The monoisotopic (exact) mass is 431 g/mol. The number of aromatic nitrogens is 2. The van der Waals surface area contributed by atoms with Crippen LogP contribution < -0.4 is 15.6 Å². The van der Waals surface area contributed by atoms with Gasteiger partial charge in [-0.05, 0) is 66.9 Å². The first kappa shape index (κ1) is 20.2. The lowest BCUT2D eigenvalue weighted by molar-refractivity contribution is -0.122. The predicted molar refractivity (Wildman–Crippen MR) is 110 cm³/mol. The molecule has 4 rings (SSSR count). The molecule has 6 nitrogen and oxygen atoms in total. The van der Waals surface area contributed by atoms with Crippen molar-refractivity contribution in [3.8, 4) is 5.75 Å². The summed E-state index contributed by atoms with van der Waals surface area (Å²) in [6, 6.07) is 11.5. The van der Waals surface area contributed by atoms with E-state index in [1.54, 1.807) is 36.4 Å². The molecule has 1 unspecified atom stereocenters. The van der Waals surface area contributed by atoms with Crippen LogP contribution in [0.3, 0.4) is 0 Å². The molecule has 1 aromatic heterocycles. The molecule has 0 spiro atoms. The largest absolute Gasteiger partial charge is 0.435 e. The second-order valence-electron chi connectivity index (χ2n) is 7.12. The van der Waals surface area contributed by atoms with Gasteiger partial charge >= 0.3 is 6.61 Å². The van der Waals surface area contributed by atoms with Gasteiger partial charge in [-0.15, -0.1) is 0 Å². The summed E-state index contributed by atoms with van der Waals surface area (Å²) in [5.74, 6) is -0.248. The lowest BCUT2D eigenvalue weighted by Crippen LogP contribution is -2.36. The van der Waals surface area contributed by atoms with Crippen LogP contribution in [0.1, 0.15) is 30.0 Å². The van der Waals surface area contributed by atoms with E-state index in [-0.39, 0.29) is 34.6 Å². The number of para-hydroxylation sites is 1. The molecule has 1 amide bonds. The molecule has 3 aromatic rings. The zero-order valence-corrected chi connectivity index (χ0v) is 16.7. The van der Waals surface area contributed by atoms with Crippen molar-refractivity contribution >= 4 is 29.0 Å². The van der Waals surface area contributed by atoms with Gasteiger partial charge in [0.25, 0.3) is 5.56 Å². The third-order valence-corrected chi connectivity index (χ3v) is 5.50. The quantitative estimate of drug-likeness (QED) is 0.602. The Morgan fingerprint density at radius 1 is 1.30 bits per heavy atom. The van der Waals surface area contributed by atoms with Gasteiger partial charge in [0.05, 0.1) is 16.9 Å². The van der Waals surface area contributed by atoms with E-state index in [1.807, 2.05) is 0 Å². The molecule has 0 aliphatic heterocycles. The van der Waals surface area contributed by atoms with Crippen LogP contribution in [-0.2, 0) is 17.8 Å². The molecule has 1 atom stereocenters. The third kappa shape index (κ3) is 4.11. The lowest BCUT2D eigenvalue weighted by Gasteiger charge is -2.27. The molecule has 0 saturated carbocycles. The molecule has 0 saturated heterocycles. The van der Waals surface area contributed by atoms with E-state index in [2.05, 4.69) is 15.0 Å². The number of nitrogens with zero attached hydrogens (tertiary/aromatic N) is 1. The molecule has 2 aromatic carbocycles. The van der Waals surface area contributed by atoms with Gasteiger partial charge in [-0.25, -0.2) is 0 Å². The van der Waals surface area contributed by atoms with E-state index in [1.165, 1.54) is 10.6 Å². The van der Waals surface area contributed by atoms with Crippen LogP contribution in [0.4, 0.5) is 8.78 Å². The van der Waals surface area contributed by atoms with Gasteiger partial charge in [0.2, 0.25) is 5.91 Å². The number of fused-ring (bicyclic) bond motifs is 2. The summed E-state index contributed by atoms with van der Waals surface area (Å²) in [6.45, 7) is -3.09. The zero-order chi connectivity index (χ0) is 21.3. The number of aryl methyl sites for hydroxylation is 1. The average Bonchev–Trinajstić information content (AvgIpc) is 2.71. The second-order valence-corrected chi connectivity index (χ2v) is 7.51. The summed E-state index contributed by atoms with van der Waals surface area (Å²) in [5.41, 5.74) is 2.02. The maximum Gasteiger partial charge on any atom is 0.387 e. The molecule has 1 aliphatic carbocycles. The van der Waals surface area contributed by atoms with Crippen molar-refractivity contribution in [1.82, 2.24) is 14.9 Å². The van der Waals surface area contributed by atoms with Crippen LogP contribution in [0, 0.1) is 4.77 Å². The first-order valence-corrected chi connectivity index (χ1v) is 9.92. The van der Waals surface area contributed by atoms with Crippen molar-refractivity contribution in [2.75, 3.05) is 0 Å². The Balaban J connectivity index is 1.54. The Bertz CT molecular complexity index is 1220. The van der Waals surface area contributed by atoms with E-state index >= 15 is 0 Å². The molecular formula is C21H19F2N3O3S. The van der Waals surface area contributed by atoms with Crippen molar-refractivity contribution in [3.63, 3.8) is 0 Å². The van der Waals surface area contributed by atoms with Gasteiger partial charge in [0.15, 0.2) is 4.77 Å². The minimum absolute atomic E-state index is 0.102. The maximum absolute atomic E-state index is 12.7. The topological polar surface area (TPSA) is 76.1 Å². The van der Waals surface area contributed by atoms with Crippen molar-refractivity contribution < 1.29 is 18.3 Å². The van der Waals surface area contributed by atoms with Crippen LogP contribution in [-0.4, -0.2) is 22.1 Å². The van der Waals surface area contributed by atoms with Crippen molar-refractivity contribution in [2.24, 2.45) is 0 Å². The number of aromatic amines is 1. The SMILES string of the molecule is O=C(Cn1c(=S)[nH]c2ccccc2c1=O)NC1CCCc2cc(OC(F)F)ccc21. The van der Waals surface area contributed by atoms with Gasteiger partial charge in [-0.1, -0.05) is 18.2 Å². The fraction of sp³-hybridized carbons (Fsp3) is 0.286. The van der Waals surface area contributed by atoms with Crippen LogP contribution in [0.5, 0.6) is 5.75 Å². The highest BCUT2D eigenvalue weighted by molar-refractivity contribution is 7.71. The molecule has 0 fully saturated rings. The molecule has 9 heteroatoms. The molecule has 0 bridgehead atoms. The summed E-state index contributed by atoms with van der Waals surface area (Å²) < 4.78 is 30.8. The van der Waals surface area contributed by atoms with Crippen LogP contribution >= 0.6 is 12.2 Å². The summed E-state index contributed by atoms with van der Waals surface area (Å²) in [5, 5.41) is 3.39. The Morgan fingerprint density at radius 3 is 2.90 bits per heavy atom. The molecule has 0 radical (unpaired) electrons. The van der Waals surface area contributed by atoms with Gasteiger partial charge < -0.3 is 15.0 Å². The van der Waals surface area contributed by atoms with Gasteiger partial charge in [0.1, 0.15) is 12.3 Å². The standard InChI is InChI=1S/C21H19F2N3O3S/c22-20(23)29-13-8-9-14-12(10-13)4-3-7-16(14)24-18(27)11-26-19(28)15-5-1-2-6-17(15)25-21(26)30/h1-2,5-6,8-10,16,20H,3-4,7,11H2,(H,24,27)(H,25,30). The normalized spacial score (nSPS) is 15.8. The number of carbonyl (C=O) groups excluding carboxylic acids is 1. The highest BCUT2D eigenvalue weighted by Crippen LogP contribution is 2.32. The zero-order valence-electron chi connectivity index (χ0n) is 15.9. The predicted octanol–water partition coefficient (Wildman–Crippen LogP) is 3.85. The van der Waals surface area contributed by atoms with E-state index in [0.29, 0.717) is 17.3 Å². The average molecular weight is 431 g/mol. The van der Waals surface area contributed by atoms with Crippen molar-refractivity contribution in [2.45, 2.75) is 38.5 Å². The van der Waals surface area contributed by atoms with Crippen molar-refractivity contribution in [1.29, 1.82) is 0 Å². The highest BCUT2D eigenvalue weighted by atomic mass is 32.1. The molecule has 2 N–H and O–H groups in total. The van der Waals surface area contributed by atoms with E-state index in [0.717, 1.165) is 24.0 Å². The Kier molecular flexibility index (Phi) is 5.63. The number of ether oxygens (including phenoxy) is 1. The number of nitrogens with one attached hydrogen (secondary N) is 2. The maximum atomic E-state index is 12.7.